The Bertz CT molecular complexity index is 1070. The lowest BCUT2D eigenvalue weighted by molar-refractivity contribution is -0.137. The number of alkyl halides is 3. The first-order valence-corrected chi connectivity index (χ1v) is 10.2. The zero-order chi connectivity index (χ0) is 22.0. The molecule has 0 saturated carbocycles. The van der Waals surface area contributed by atoms with Crippen molar-refractivity contribution >= 4 is 11.6 Å². The molecule has 6 heteroatoms. The second-order valence-corrected chi connectivity index (χ2v) is 7.80. The Kier molecular flexibility index (Phi) is 5.72. The van der Waals surface area contributed by atoms with Crippen LogP contribution in [-0.2, 0) is 12.6 Å². The Labute approximate surface area is 179 Å². The van der Waals surface area contributed by atoms with Crippen molar-refractivity contribution in [2.24, 2.45) is 0 Å². The lowest BCUT2D eigenvalue weighted by Gasteiger charge is -2.32. The zero-order valence-corrected chi connectivity index (χ0v) is 17.1. The van der Waals surface area contributed by atoms with E-state index in [9.17, 15) is 18.0 Å². The van der Waals surface area contributed by atoms with Crippen LogP contribution in [0.2, 0.25) is 0 Å². The highest BCUT2D eigenvalue weighted by atomic mass is 19.4. The van der Waals surface area contributed by atoms with Gasteiger partial charge in [-0.1, -0.05) is 54.6 Å². The predicted molar refractivity (Wildman–Crippen MR) is 115 cm³/mol. The number of anilines is 1. The number of carbonyl (C=O) groups is 1. The minimum absolute atomic E-state index is 0.108. The summed E-state index contributed by atoms with van der Waals surface area (Å²) in [5.74, 6) is -0.111. The van der Waals surface area contributed by atoms with Gasteiger partial charge in [0.2, 0.25) is 0 Å². The Morgan fingerprint density at radius 3 is 2.42 bits per heavy atom. The molecule has 0 aromatic heterocycles. The van der Waals surface area contributed by atoms with Gasteiger partial charge in [0.25, 0.3) is 5.91 Å². The van der Waals surface area contributed by atoms with E-state index in [-0.39, 0.29) is 11.9 Å². The summed E-state index contributed by atoms with van der Waals surface area (Å²) in [6, 6.07) is 22.3. The van der Waals surface area contributed by atoms with E-state index in [4.69, 9.17) is 0 Å². The van der Waals surface area contributed by atoms with Crippen molar-refractivity contribution in [3.05, 3.63) is 101 Å². The van der Waals surface area contributed by atoms with E-state index in [0.29, 0.717) is 11.3 Å². The lowest BCUT2D eigenvalue weighted by Crippen LogP contribution is -2.39. The Hall–Kier alpha value is -3.28. The summed E-state index contributed by atoms with van der Waals surface area (Å²) in [4.78, 5) is 14.9. The number of aryl methyl sites for hydroxylation is 1. The molecule has 0 saturated heterocycles. The van der Waals surface area contributed by atoms with E-state index in [0.717, 1.165) is 30.5 Å². The third-order valence-electron chi connectivity index (χ3n) is 5.66. The van der Waals surface area contributed by atoms with Crippen molar-refractivity contribution in [3.63, 3.8) is 0 Å². The van der Waals surface area contributed by atoms with Gasteiger partial charge in [-0.15, -0.1) is 0 Å². The maximum absolute atomic E-state index is 13.2. The number of benzene rings is 3. The van der Waals surface area contributed by atoms with Crippen LogP contribution in [-0.4, -0.2) is 16.8 Å². The van der Waals surface area contributed by atoms with Crippen LogP contribution in [0.1, 0.15) is 46.6 Å². The van der Waals surface area contributed by atoms with Crippen LogP contribution < -0.4 is 5.32 Å². The summed E-state index contributed by atoms with van der Waals surface area (Å²) < 4.78 is 39.5. The lowest BCUT2D eigenvalue weighted by atomic mass is 10.0. The molecule has 160 valence electrons. The number of carbonyl (C=O) groups excluding carboxylic acids is 1. The molecular weight excluding hydrogens is 401 g/mol. The number of hydrogen-bond acceptors (Lipinski definition) is 2. The van der Waals surface area contributed by atoms with Crippen LogP contribution in [0.3, 0.4) is 0 Å². The van der Waals surface area contributed by atoms with Crippen LogP contribution in [0.25, 0.3) is 0 Å². The molecule has 4 rings (SSSR count). The van der Waals surface area contributed by atoms with E-state index in [2.05, 4.69) is 5.32 Å². The molecule has 0 bridgehead atoms. The highest BCUT2D eigenvalue weighted by Gasteiger charge is 2.39. The molecule has 1 N–H and O–H groups in total. The van der Waals surface area contributed by atoms with Gasteiger partial charge in [-0.25, -0.2) is 0 Å². The number of hydrogen-bond donors (Lipinski definition) is 1. The summed E-state index contributed by atoms with van der Waals surface area (Å²) in [5, 5.41) is 3.17. The molecule has 1 aliphatic rings. The quantitative estimate of drug-likeness (QED) is 0.504. The highest BCUT2D eigenvalue weighted by Crippen LogP contribution is 2.38. The smallest absolute Gasteiger partial charge is 0.361 e. The standard InChI is InChI=1S/C25H23F3N2O/c1-17(14-15-18-8-3-2-4-9-18)30-23(21-12-5-6-13-22(21)24(30)31)29-20-11-7-10-19(16-20)25(26,27)28/h2-13,16-17,23,29H,14-15H2,1H3/t17-,23+/m0/s1. The average molecular weight is 424 g/mol. The maximum atomic E-state index is 13.2. The number of amides is 1. The molecule has 0 aliphatic carbocycles. The molecule has 0 unspecified atom stereocenters. The first-order chi connectivity index (χ1) is 14.8. The number of halogens is 3. The zero-order valence-electron chi connectivity index (χ0n) is 17.1. The Morgan fingerprint density at radius 2 is 1.68 bits per heavy atom. The van der Waals surface area contributed by atoms with Gasteiger partial charge < -0.3 is 10.2 Å². The SMILES string of the molecule is C[C@@H](CCc1ccccc1)N1C(=O)c2ccccc2[C@@H]1Nc1cccc(C(F)(F)F)c1. The van der Waals surface area contributed by atoms with Crippen molar-refractivity contribution in [2.75, 3.05) is 5.32 Å². The van der Waals surface area contributed by atoms with Gasteiger partial charge in [-0.2, -0.15) is 13.2 Å². The molecule has 1 aliphatic heterocycles. The van der Waals surface area contributed by atoms with Gasteiger partial charge in [-0.05, 0) is 49.6 Å². The van der Waals surface area contributed by atoms with Gasteiger partial charge in [0.15, 0.2) is 0 Å². The molecule has 2 atom stereocenters. The summed E-state index contributed by atoms with van der Waals surface area (Å²) in [5.41, 5.74) is 2.14. The fourth-order valence-electron chi connectivity index (χ4n) is 4.04. The maximum Gasteiger partial charge on any atom is 0.416 e. The molecule has 3 aromatic carbocycles. The van der Waals surface area contributed by atoms with E-state index >= 15 is 0 Å². The number of nitrogens with zero attached hydrogens (tertiary/aromatic N) is 1. The molecule has 31 heavy (non-hydrogen) atoms. The van der Waals surface area contributed by atoms with Crippen LogP contribution in [0, 0.1) is 0 Å². The molecule has 1 heterocycles. The van der Waals surface area contributed by atoms with E-state index in [1.165, 1.54) is 11.6 Å². The first-order valence-electron chi connectivity index (χ1n) is 10.2. The normalized spacial score (nSPS) is 16.8. The Balaban J connectivity index is 1.60. The van der Waals surface area contributed by atoms with Crippen molar-refractivity contribution in [1.29, 1.82) is 0 Å². The first kappa shape index (κ1) is 21.0. The molecule has 0 fully saturated rings. The van der Waals surface area contributed by atoms with Gasteiger partial charge >= 0.3 is 6.18 Å². The third kappa shape index (κ3) is 4.43. The van der Waals surface area contributed by atoms with E-state index in [1.54, 1.807) is 23.1 Å². The minimum Gasteiger partial charge on any atom is -0.361 e. The topological polar surface area (TPSA) is 32.3 Å². The van der Waals surface area contributed by atoms with Crippen molar-refractivity contribution in [2.45, 2.75) is 38.1 Å². The van der Waals surface area contributed by atoms with E-state index in [1.807, 2.05) is 49.4 Å². The Morgan fingerprint density at radius 1 is 0.968 bits per heavy atom. The number of fused-ring (bicyclic) bond motifs is 1. The van der Waals surface area contributed by atoms with Crippen LogP contribution in [0.4, 0.5) is 18.9 Å². The van der Waals surface area contributed by atoms with E-state index < -0.39 is 17.9 Å². The largest absolute Gasteiger partial charge is 0.416 e. The van der Waals surface area contributed by atoms with Crippen molar-refractivity contribution < 1.29 is 18.0 Å². The van der Waals surface area contributed by atoms with Gasteiger partial charge in [-0.3, -0.25) is 4.79 Å². The summed E-state index contributed by atoms with van der Waals surface area (Å²) in [6.45, 7) is 1.98. The second kappa shape index (κ2) is 8.46. The average Bonchev–Trinajstić information content (AvgIpc) is 3.04. The van der Waals surface area contributed by atoms with Gasteiger partial charge in [0.1, 0.15) is 6.17 Å². The van der Waals surface area contributed by atoms with Crippen LogP contribution >= 0.6 is 0 Å². The molecule has 0 spiro atoms. The fourth-order valence-corrected chi connectivity index (χ4v) is 4.04. The predicted octanol–water partition coefficient (Wildman–Crippen LogP) is 6.29. The number of nitrogens with one attached hydrogen (secondary N) is 1. The monoisotopic (exact) mass is 424 g/mol. The summed E-state index contributed by atoms with van der Waals surface area (Å²) in [6.07, 6.45) is -3.41. The summed E-state index contributed by atoms with van der Waals surface area (Å²) in [7, 11) is 0. The number of rotatable bonds is 6. The van der Waals surface area contributed by atoms with Crippen molar-refractivity contribution in [3.8, 4) is 0 Å². The second-order valence-electron chi connectivity index (χ2n) is 7.80. The fraction of sp³-hybridized carbons (Fsp3) is 0.240. The molecule has 3 aromatic rings. The molecule has 0 radical (unpaired) electrons. The summed E-state index contributed by atoms with van der Waals surface area (Å²) >= 11 is 0. The van der Waals surface area contributed by atoms with Crippen LogP contribution in [0.15, 0.2) is 78.9 Å². The molecule has 3 nitrogen and oxygen atoms in total. The van der Waals surface area contributed by atoms with Crippen LogP contribution in [0.5, 0.6) is 0 Å². The van der Waals surface area contributed by atoms with Gasteiger partial charge in [0, 0.05) is 22.9 Å². The minimum atomic E-state index is -4.43. The molecule has 1 amide bonds. The molecular formula is C25H23F3N2O. The highest BCUT2D eigenvalue weighted by molar-refractivity contribution is 5.99. The van der Waals surface area contributed by atoms with Gasteiger partial charge in [0.05, 0.1) is 5.56 Å². The third-order valence-corrected chi connectivity index (χ3v) is 5.66. The van der Waals surface area contributed by atoms with Crippen molar-refractivity contribution in [1.82, 2.24) is 4.90 Å².